The molecule has 0 saturated heterocycles. The molecule has 1 nitrogen and oxygen atoms in total. The Morgan fingerprint density at radius 2 is 2.12 bits per heavy atom. The van der Waals surface area contributed by atoms with Crippen molar-refractivity contribution in [2.75, 3.05) is 0 Å². The Hall–Kier alpha value is -1.55. The molecule has 0 fully saturated rings. The monoisotopic (exact) mass is 225 g/mol. The zero-order valence-electron chi connectivity index (χ0n) is 10.8. The Labute approximate surface area is 104 Å². The maximum atomic E-state index is 9.63. The standard InChI is InChI=1S/C16H19N/c1-4-12(2)14-10-9-13-7-5-6-8-15(13)16(14,3)11-17/h5-10,12,14H,4H2,1-3H3. The van der Waals surface area contributed by atoms with Crippen molar-refractivity contribution >= 4 is 6.08 Å². The van der Waals surface area contributed by atoms with E-state index < -0.39 is 0 Å². The van der Waals surface area contributed by atoms with Crippen LogP contribution in [0.1, 0.15) is 38.3 Å². The number of hydrogen-bond donors (Lipinski definition) is 0. The van der Waals surface area contributed by atoms with Crippen molar-refractivity contribution in [3.8, 4) is 6.07 Å². The van der Waals surface area contributed by atoms with Gasteiger partial charge in [-0.25, -0.2) is 0 Å². The minimum Gasteiger partial charge on any atom is -0.197 e. The summed E-state index contributed by atoms with van der Waals surface area (Å²) in [4.78, 5) is 0. The molecule has 0 aliphatic heterocycles. The summed E-state index contributed by atoms with van der Waals surface area (Å²) >= 11 is 0. The molecule has 0 saturated carbocycles. The zero-order valence-corrected chi connectivity index (χ0v) is 10.8. The topological polar surface area (TPSA) is 23.8 Å². The second kappa shape index (κ2) is 4.37. The summed E-state index contributed by atoms with van der Waals surface area (Å²) < 4.78 is 0. The van der Waals surface area contributed by atoms with Gasteiger partial charge >= 0.3 is 0 Å². The van der Waals surface area contributed by atoms with Crippen molar-refractivity contribution < 1.29 is 0 Å². The van der Waals surface area contributed by atoms with Crippen LogP contribution in [0.4, 0.5) is 0 Å². The molecular formula is C16H19N. The van der Waals surface area contributed by atoms with E-state index in [1.165, 1.54) is 11.1 Å². The third-order valence-corrected chi connectivity index (χ3v) is 4.16. The fourth-order valence-corrected chi connectivity index (χ4v) is 2.84. The van der Waals surface area contributed by atoms with Crippen molar-refractivity contribution in [1.82, 2.24) is 0 Å². The third kappa shape index (κ3) is 1.78. The largest absolute Gasteiger partial charge is 0.197 e. The molecule has 3 unspecified atom stereocenters. The Kier molecular flexibility index (Phi) is 3.07. The molecule has 0 amide bonds. The number of allylic oxidation sites excluding steroid dienone is 1. The van der Waals surface area contributed by atoms with E-state index >= 15 is 0 Å². The highest BCUT2D eigenvalue weighted by Crippen LogP contribution is 2.43. The van der Waals surface area contributed by atoms with Gasteiger partial charge in [0.05, 0.1) is 11.5 Å². The fraction of sp³-hybridized carbons (Fsp3) is 0.438. The van der Waals surface area contributed by atoms with Crippen LogP contribution in [0, 0.1) is 23.2 Å². The predicted octanol–water partition coefficient (Wildman–Crippen LogP) is 4.16. The lowest BCUT2D eigenvalue weighted by molar-refractivity contribution is 0.310. The molecule has 17 heavy (non-hydrogen) atoms. The molecule has 1 aromatic rings. The van der Waals surface area contributed by atoms with E-state index in [1.807, 2.05) is 12.1 Å². The summed E-state index contributed by atoms with van der Waals surface area (Å²) in [5.41, 5.74) is 1.98. The van der Waals surface area contributed by atoms with E-state index in [4.69, 9.17) is 0 Å². The van der Waals surface area contributed by atoms with E-state index in [-0.39, 0.29) is 5.41 Å². The lowest BCUT2D eigenvalue weighted by Crippen LogP contribution is -2.36. The smallest absolute Gasteiger partial charge is 0.0865 e. The third-order valence-electron chi connectivity index (χ3n) is 4.16. The van der Waals surface area contributed by atoms with Crippen LogP contribution >= 0.6 is 0 Å². The number of hydrogen-bond acceptors (Lipinski definition) is 1. The lowest BCUT2D eigenvalue weighted by Gasteiger charge is -2.37. The quantitative estimate of drug-likeness (QED) is 0.741. The van der Waals surface area contributed by atoms with Crippen LogP contribution in [0.25, 0.3) is 6.08 Å². The summed E-state index contributed by atoms with van der Waals surface area (Å²) in [6.45, 7) is 6.50. The SMILES string of the molecule is CCC(C)C1C=Cc2ccccc2C1(C)C#N. The molecule has 2 rings (SSSR count). The van der Waals surface area contributed by atoms with E-state index in [1.54, 1.807) is 0 Å². The molecule has 0 heterocycles. The first kappa shape index (κ1) is 11.9. The highest BCUT2D eigenvalue weighted by Gasteiger charge is 2.40. The number of nitriles is 1. The lowest BCUT2D eigenvalue weighted by atomic mass is 9.64. The normalized spacial score (nSPS) is 28.2. The van der Waals surface area contributed by atoms with E-state index in [9.17, 15) is 5.26 Å². The number of fused-ring (bicyclic) bond motifs is 1. The molecule has 1 heteroatoms. The first-order valence-electron chi connectivity index (χ1n) is 6.32. The Bertz CT molecular complexity index is 481. The van der Waals surface area contributed by atoms with Crippen molar-refractivity contribution in [3.63, 3.8) is 0 Å². The van der Waals surface area contributed by atoms with Gasteiger partial charge in [0.15, 0.2) is 0 Å². The van der Waals surface area contributed by atoms with Gasteiger partial charge in [-0.3, -0.25) is 0 Å². The van der Waals surface area contributed by atoms with Crippen LogP contribution in [0.5, 0.6) is 0 Å². The number of benzene rings is 1. The molecule has 1 aliphatic carbocycles. The van der Waals surface area contributed by atoms with Gasteiger partial charge < -0.3 is 0 Å². The maximum absolute atomic E-state index is 9.63. The fourth-order valence-electron chi connectivity index (χ4n) is 2.84. The molecule has 0 radical (unpaired) electrons. The minimum atomic E-state index is -0.388. The van der Waals surface area contributed by atoms with E-state index in [0.29, 0.717) is 11.8 Å². The van der Waals surface area contributed by atoms with Gasteiger partial charge in [-0.05, 0) is 24.0 Å². The van der Waals surface area contributed by atoms with Gasteiger partial charge in [0.25, 0.3) is 0 Å². The van der Waals surface area contributed by atoms with Gasteiger partial charge in [-0.15, -0.1) is 0 Å². The molecule has 0 bridgehead atoms. The second-order valence-electron chi connectivity index (χ2n) is 5.17. The molecule has 1 aromatic carbocycles. The first-order valence-corrected chi connectivity index (χ1v) is 6.32. The van der Waals surface area contributed by atoms with Gasteiger partial charge in [-0.2, -0.15) is 5.26 Å². The van der Waals surface area contributed by atoms with Crippen LogP contribution in [0.2, 0.25) is 0 Å². The molecule has 0 spiro atoms. The Morgan fingerprint density at radius 1 is 1.41 bits per heavy atom. The minimum absolute atomic E-state index is 0.312. The van der Waals surface area contributed by atoms with Gasteiger partial charge in [-0.1, -0.05) is 56.7 Å². The first-order chi connectivity index (χ1) is 8.13. The molecule has 1 aliphatic rings. The van der Waals surface area contributed by atoms with Crippen molar-refractivity contribution in [1.29, 1.82) is 5.26 Å². The van der Waals surface area contributed by atoms with Crippen molar-refractivity contribution in [2.45, 2.75) is 32.6 Å². The average Bonchev–Trinajstić information content (AvgIpc) is 2.38. The van der Waals surface area contributed by atoms with Crippen molar-refractivity contribution in [2.24, 2.45) is 11.8 Å². The molecule has 88 valence electrons. The highest BCUT2D eigenvalue weighted by molar-refractivity contribution is 5.62. The van der Waals surface area contributed by atoms with Gasteiger partial charge in [0.2, 0.25) is 0 Å². The number of nitrogens with zero attached hydrogens (tertiary/aromatic N) is 1. The summed E-state index contributed by atoms with van der Waals surface area (Å²) in [5.74, 6) is 0.844. The predicted molar refractivity (Wildman–Crippen MR) is 71.4 cm³/mol. The van der Waals surface area contributed by atoms with E-state index in [2.05, 4.69) is 51.1 Å². The van der Waals surface area contributed by atoms with Crippen LogP contribution in [0.3, 0.4) is 0 Å². The average molecular weight is 225 g/mol. The van der Waals surface area contributed by atoms with E-state index in [0.717, 1.165) is 6.42 Å². The molecule has 0 N–H and O–H groups in total. The van der Waals surface area contributed by atoms with Gasteiger partial charge in [0, 0.05) is 5.92 Å². The van der Waals surface area contributed by atoms with Crippen LogP contribution in [0.15, 0.2) is 30.3 Å². The Morgan fingerprint density at radius 3 is 2.76 bits per heavy atom. The second-order valence-corrected chi connectivity index (χ2v) is 5.17. The molecule has 3 atom stereocenters. The maximum Gasteiger partial charge on any atom is 0.0865 e. The van der Waals surface area contributed by atoms with Gasteiger partial charge in [0.1, 0.15) is 0 Å². The summed E-state index contributed by atoms with van der Waals surface area (Å²) in [5, 5.41) is 9.63. The summed E-state index contributed by atoms with van der Waals surface area (Å²) in [6, 6.07) is 10.8. The summed E-state index contributed by atoms with van der Waals surface area (Å²) in [7, 11) is 0. The molecular weight excluding hydrogens is 206 g/mol. The van der Waals surface area contributed by atoms with Crippen LogP contribution in [-0.4, -0.2) is 0 Å². The Balaban J connectivity index is 2.55. The zero-order chi connectivity index (χ0) is 12.5. The molecule has 0 aromatic heterocycles. The van der Waals surface area contributed by atoms with Crippen molar-refractivity contribution in [3.05, 3.63) is 41.5 Å². The summed E-state index contributed by atoms with van der Waals surface area (Å²) in [6.07, 6.45) is 5.50. The highest BCUT2D eigenvalue weighted by atomic mass is 14.4. The van der Waals surface area contributed by atoms with Crippen LogP contribution < -0.4 is 0 Å². The van der Waals surface area contributed by atoms with Crippen LogP contribution in [-0.2, 0) is 5.41 Å². The number of rotatable bonds is 2.